The molecule has 0 aliphatic carbocycles. The van der Waals surface area contributed by atoms with Crippen molar-refractivity contribution in [2.75, 3.05) is 7.11 Å². The molecule has 0 aliphatic heterocycles. The SMILES string of the molecule is COc1cc(C#N)ccc1Oc1c(CBr)c(C)nn1C. The van der Waals surface area contributed by atoms with E-state index >= 15 is 0 Å². The lowest BCUT2D eigenvalue weighted by atomic mass is 10.2. The lowest BCUT2D eigenvalue weighted by Gasteiger charge is -2.11. The van der Waals surface area contributed by atoms with Crippen LogP contribution in [0.1, 0.15) is 16.8 Å². The highest BCUT2D eigenvalue weighted by Crippen LogP contribution is 2.35. The highest BCUT2D eigenvalue weighted by atomic mass is 79.9. The largest absolute Gasteiger partial charge is 0.493 e. The van der Waals surface area contributed by atoms with Crippen LogP contribution in [0.2, 0.25) is 0 Å². The van der Waals surface area contributed by atoms with E-state index in [1.54, 1.807) is 30.0 Å². The molecule has 0 radical (unpaired) electrons. The van der Waals surface area contributed by atoms with Gasteiger partial charge in [0.15, 0.2) is 11.5 Å². The van der Waals surface area contributed by atoms with Crippen LogP contribution in [-0.4, -0.2) is 16.9 Å². The summed E-state index contributed by atoms with van der Waals surface area (Å²) in [6.45, 7) is 1.93. The highest BCUT2D eigenvalue weighted by molar-refractivity contribution is 9.08. The molecule has 0 atom stereocenters. The molecule has 0 fully saturated rings. The Morgan fingerprint density at radius 2 is 2.15 bits per heavy atom. The van der Waals surface area contributed by atoms with E-state index in [1.807, 2.05) is 14.0 Å². The molecule has 6 heteroatoms. The quantitative estimate of drug-likeness (QED) is 0.804. The summed E-state index contributed by atoms with van der Waals surface area (Å²) >= 11 is 3.44. The van der Waals surface area contributed by atoms with E-state index in [9.17, 15) is 0 Å². The third-order valence-corrected chi connectivity index (χ3v) is 3.48. The van der Waals surface area contributed by atoms with Crippen LogP contribution in [-0.2, 0) is 12.4 Å². The van der Waals surface area contributed by atoms with Gasteiger partial charge in [0.1, 0.15) is 0 Å². The van der Waals surface area contributed by atoms with Crippen molar-refractivity contribution in [2.24, 2.45) is 7.05 Å². The van der Waals surface area contributed by atoms with Gasteiger partial charge in [-0.2, -0.15) is 10.4 Å². The summed E-state index contributed by atoms with van der Waals surface area (Å²) in [6.07, 6.45) is 0. The van der Waals surface area contributed by atoms with Crippen molar-refractivity contribution in [1.82, 2.24) is 9.78 Å². The fourth-order valence-corrected chi connectivity index (χ4v) is 2.53. The number of alkyl halides is 1. The van der Waals surface area contributed by atoms with Crippen LogP contribution in [0, 0.1) is 18.3 Å². The van der Waals surface area contributed by atoms with E-state index in [-0.39, 0.29) is 0 Å². The van der Waals surface area contributed by atoms with Gasteiger partial charge in [-0.05, 0) is 19.1 Å². The smallest absolute Gasteiger partial charge is 0.222 e. The maximum Gasteiger partial charge on any atom is 0.222 e. The Hall–Kier alpha value is -2.00. The zero-order valence-electron chi connectivity index (χ0n) is 11.5. The minimum Gasteiger partial charge on any atom is -0.493 e. The molecule has 104 valence electrons. The first-order valence-corrected chi connectivity index (χ1v) is 7.07. The van der Waals surface area contributed by atoms with E-state index < -0.39 is 0 Å². The number of rotatable bonds is 4. The summed E-state index contributed by atoms with van der Waals surface area (Å²) < 4.78 is 12.9. The van der Waals surface area contributed by atoms with Crippen LogP contribution >= 0.6 is 15.9 Å². The van der Waals surface area contributed by atoms with Gasteiger partial charge < -0.3 is 9.47 Å². The second kappa shape index (κ2) is 5.97. The number of halogens is 1. The average molecular weight is 336 g/mol. The number of hydrogen-bond donors (Lipinski definition) is 0. The van der Waals surface area contributed by atoms with Crippen molar-refractivity contribution >= 4 is 15.9 Å². The first kappa shape index (κ1) is 14.4. The van der Waals surface area contributed by atoms with Gasteiger partial charge >= 0.3 is 0 Å². The van der Waals surface area contributed by atoms with Crippen LogP contribution in [0.5, 0.6) is 17.4 Å². The molecule has 2 aromatic rings. The summed E-state index contributed by atoms with van der Waals surface area (Å²) in [5, 5.41) is 13.9. The summed E-state index contributed by atoms with van der Waals surface area (Å²) in [6, 6.07) is 7.12. The molecule has 20 heavy (non-hydrogen) atoms. The number of methoxy groups -OCH3 is 1. The number of ether oxygens (including phenoxy) is 2. The van der Waals surface area contributed by atoms with E-state index in [0.29, 0.717) is 28.3 Å². The van der Waals surface area contributed by atoms with E-state index in [2.05, 4.69) is 27.1 Å². The Labute approximate surface area is 125 Å². The molecule has 0 bridgehead atoms. The van der Waals surface area contributed by atoms with Crippen LogP contribution < -0.4 is 9.47 Å². The maximum absolute atomic E-state index is 8.90. The monoisotopic (exact) mass is 335 g/mol. The predicted molar refractivity (Wildman–Crippen MR) is 78.4 cm³/mol. The second-order valence-corrected chi connectivity index (χ2v) is 4.77. The van der Waals surface area contributed by atoms with Gasteiger partial charge in [0.2, 0.25) is 5.88 Å². The van der Waals surface area contributed by atoms with Crippen LogP contribution in [0.3, 0.4) is 0 Å². The van der Waals surface area contributed by atoms with Crippen molar-refractivity contribution in [2.45, 2.75) is 12.3 Å². The molecule has 1 aromatic carbocycles. The molecule has 0 saturated carbocycles. The molecular formula is C14H14BrN3O2. The summed E-state index contributed by atoms with van der Waals surface area (Å²) in [4.78, 5) is 0. The molecule has 0 N–H and O–H groups in total. The van der Waals surface area contributed by atoms with Crippen molar-refractivity contribution in [3.63, 3.8) is 0 Å². The Morgan fingerprint density at radius 3 is 2.75 bits per heavy atom. The highest BCUT2D eigenvalue weighted by Gasteiger charge is 2.16. The van der Waals surface area contributed by atoms with Gasteiger partial charge in [-0.1, -0.05) is 15.9 Å². The standard InChI is InChI=1S/C14H14BrN3O2/c1-9-11(7-15)14(18(2)17-9)20-12-5-4-10(8-16)6-13(12)19-3/h4-6H,7H2,1-3H3. The Bertz CT molecular complexity index is 674. The Morgan fingerprint density at radius 1 is 1.40 bits per heavy atom. The summed E-state index contributed by atoms with van der Waals surface area (Å²) in [5.41, 5.74) is 2.42. The molecule has 0 aliphatic rings. The summed E-state index contributed by atoms with van der Waals surface area (Å²) in [5.74, 6) is 1.72. The molecule has 0 saturated heterocycles. The topological polar surface area (TPSA) is 60.1 Å². The molecule has 0 unspecified atom stereocenters. The van der Waals surface area contributed by atoms with Gasteiger partial charge in [-0.3, -0.25) is 0 Å². The second-order valence-electron chi connectivity index (χ2n) is 4.21. The number of nitriles is 1. The van der Waals surface area contributed by atoms with Crippen molar-refractivity contribution < 1.29 is 9.47 Å². The van der Waals surface area contributed by atoms with E-state index in [1.165, 1.54) is 0 Å². The van der Waals surface area contributed by atoms with Gasteiger partial charge in [0.05, 0.1) is 24.4 Å². The third kappa shape index (κ3) is 2.63. The Balaban J connectivity index is 2.43. The molecule has 1 aromatic heterocycles. The van der Waals surface area contributed by atoms with Crippen LogP contribution in [0.25, 0.3) is 0 Å². The number of aromatic nitrogens is 2. The number of benzene rings is 1. The fourth-order valence-electron chi connectivity index (χ4n) is 1.89. The van der Waals surface area contributed by atoms with Crippen molar-refractivity contribution in [3.05, 3.63) is 35.0 Å². The van der Waals surface area contributed by atoms with Gasteiger partial charge in [0.25, 0.3) is 0 Å². The fraction of sp³-hybridized carbons (Fsp3) is 0.286. The number of nitrogens with zero attached hydrogens (tertiary/aromatic N) is 3. The zero-order valence-corrected chi connectivity index (χ0v) is 13.1. The maximum atomic E-state index is 8.90. The predicted octanol–water partition coefficient (Wildman–Crippen LogP) is 3.30. The van der Waals surface area contributed by atoms with E-state index in [0.717, 1.165) is 11.3 Å². The molecule has 5 nitrogen and oxygen atoms in total. The molecule has 2 rings (SSSR count). The lowest BCUT2D eigenvalue weighted by Crippen LogP contribution is -1.98. The minimum atomic E-state index is 0.517. The first-order chi connectivity index (χ1) is 9.60. The van der Waals surface area contributed by atoms with E-state index in [4.69, 9.17) is 14.7 Å². The lowest BCUT2D eigenvalue weighted by molar-refractivity contribution is 0.364. The van der Waals surface area contributed by atoms with Crippen LogP contribution in [0.4, 0.5) is 0 Å². The van der Waals surface area contributed by atoms with Crippen molar-refractivity contribution in [3.8, 4) is 23.4 Å². The molecular weight excluding hydrogens is 322 g/mol. The Kier molecular flexibility index (Phi) is 4.30. The van der Waals surface area contributed by atoms with Gasteiger partial charge in [-0.15, -0.1) is 0 Å². The number of hydrogen-bond acceptors (Lipinski definition) is 4. The molecule has 0 amide bonds. The summed E-state index contributed by atoms with van der Waals surface area (Å²) in [7, 11) is 3.37. The van der Waals surface area contributed by atoms with Crippen LogP contribution in [0.15, 0.2) is 18.2 Å². The average Bonchev–Trinajstić information content (AvgIpc) is 2.73. The zero-order chi connectivity index (χ0) is 14.7. The van der Waals surface area contributed by atoms with Gasteiger partial charge in [0, 0.05) is 24.0 Å². The minimum absolute atomic E-state index is 0.517. The molecule has 0 spiro atoms. The normalized spacial score (nSPS) is 10.2. The van der Waals surface area contributed by atoms with Gasteiger partial charge in [-0.25, -0.2) is 4.68 Å². The number of aryl methyl sites for hydroxylation is 2. The molecule has 1 heterocycles. The van der Waals surface area contributed by atoms with Crippen molar-refractivity contribution in [1.29, 1.82) is 5.26 Å². The first-order valence-electron chi connectivity index (χ1n) is 5.95. The third-order valence-electron chi connectivity index (χ3n) is 2.92.